The van der Waals surface area contributed by atoms with Crippen LogP contribution in [0.2, 0.25) is 0 Å². The predicted octanol–water partition coefficient (Wildman–Crippen LogP) is 7.01. The molecule has 1 aromatic heterocycles. The zero-order valence-electron chi connectivity index (χ0n) is 20.3. The molecule has 1 fully saturated rings. The van der Waals surface area contributed by atoms with Crippen molar-refractivity contribution in [1.29, 1.82) is 0 Å². The van der Waals surface area contributed by atoms with Crippen molar-refractivity contribution in [2.75, 3.05) is 24.6 Å². The summed E-state index contributed by atoms with van der Waals surface area (Å²) in [6.45, 7) is 11.8. The average molecular weight is 447 g/mol. The zero-order chi connectivity index (χ0) is 23.4. The van der Waals surface area contributed by atoms with E-state index in [2.05, 4.69) is 44.7 Å². The first-order valence-electron chi connectivity index (χ1n) is 12.1. The number of aromatic nitrogens is 1. The lowest BCUT2D eigenvalue weighted by molar-refractivity contribution is 0.279. The molecule has 4 rings (SSSR count). The molecule has 33 heavy (non-hydrogen) atoms. The van der Waals surface area contributed by atoms with Gasteiger partial charge in [-0.2, -0.15) is 0 Å². The molecule has 2 heterocycles. The van der Waals surface area contributed by atoms with Gasteiger partial charge in [-0.05, 0) is 72.6 Å². The third-order valence-corrected chi connectivity index (χ3v) is 6.89. The lowest BCUT2D eigenvalue weighted by atomic mass is 9.82. The summed E-state index contributed by atoms with van der Waals surface area (Å²) in [6.07, 6.45) is 6.18. The van der Waals surface area contributed by atoms with Gasteiger partial charge in [0, 0.05) is 37.0 Å². The highest BCUT2D eigenvalue weighted by molar-refractivity contribution is 5.81. The van der Waals surface area contributed by atoms with Crippen molar-refractivity contribution in [3.8, 4) is 16.9 Å². The third-order valence-electron chi connectivity index (χ3n) is 6.89. The van der Waals surface area contributed by atoms with Gasteiger partial charge in [-0.25, -0.2) is 4.39 Å². The molecule has 0 spiro atoms. The molecule has 0 aliphatic carbocycles. The van der Waals surface area contributed by atoms with Gasteiger partial charge in [-0.15, -0.1) is 0 Å². The number of anilines is 1. The van der Waals surface area contributed by atoms with Crippen LogP contribution in [-0.4, -0.2) is 24.7 Å². The second-order valence-corrected chi connectivity index (χ2v) is 9.84. The summed E-state index contributed by atoms with van der Waals surface area (Å²) in [7, 11) is 0. The standard InChI is InChI=1S/C29H35FN2O/c1-5-26-21(2)31-20-27(28(26)32-17-15-29(3,4)16-18-32)23-8-12-25(13-9-23)33-19-14-22-6-10-24(30)11-7-22/h6-13,20H,5,14-19H2,1-4H3. The number of nitrogens with zero attached hydrogens (tertiary/aromatic N) is 2. The summed E-state index contributed by atoms with van der Waals surface area (Å²) in [5.41, 5.74) is 7.69. The minimum atomic E-state index is -0.209. The Labute approximate surface area is 197 Å². The third kappa shape index (κ3) is 5.55. The smallest absolute Gasteiger partial charge is 0.123 e. The number of piperidine rings is 1. The minimum absolute atomic E-state index is 0.209. The molecule has 0 bridgehead atoms. The Morgan fingerprint density at radius 2 is 1.67 bits per heavy atom. The second-order valence-electron chi connectivity index (χ2n) is 9.84. The molecule has 0 atom stereocenters. The molecule has 0 unspecified atom stereocenters. The van der Waals surface area contributed by atoms with E-state index in [0.29, 0.717) is 12.0 Å². The van der Waals surface area contributed by atoms with E-state index in [1.807, 2.05) is 18.3 Å². The van der Waals surface area contributed by atoms with Crippen molar-refractivity contribution >= 4 is 5.69 Å². The number of pyridine rings is 1. The van der Waals surface area contributed by atoms with Crippen LogP contribution in [0.4, 0.5) is 10.1 Å². The van der Waals surface area contributed by atoms with Crippen LogP contribution in [0.15, 0.2) is 54.7 Å². The second kappa shape index (κ2) is 9.94. The summed E-state index contributed by atoms with van der Waals surface area (Å²) in [4.78, 5) is 7.31. The molecule has 0 saturated carbocycles. The fourth-order valence-corrected chi connectivity index (χ4v) is 4.63. The molecule has 1 saturated heterocycles. The Bertz CT molecular complexity index is 1060. The van der Waals surface area contributed by atoms with E-state index in [0.717, 1.165) is 42.9 Å². The Morgan fingerprint density at radius 1 is 1.00 bits per heavy atom. The van der Waals surface area contributed by atoms with Crippen LogP contribution in [0.25, 0.3) is 11.1 Å². The molecule has 0 amide bonds. The Kier molecular flexibility index (Phi) is 7.02. The van der Waals surface area contributed by atoms with Gasteiger partial charge >= 0.3 is 0 Å². The molecule has 1 aliphatic heterocycles. The number of hydrogen-bond acceptors (Lipinski definition) is 3. The first-order valence-corrected chi connectivity index (χ1v) is 12.1. The molecule has 4 heteroatoms. The summed E-state index contributed by atoms with van der Waals surface area (Å²) in [5, 5.41) is 0. The predicted molar refractivity (Wildman–Crippen MR) is 135 cm³/mol. The Morgan fingerprint density at radius 3 is 2.30 bits per heavy atom. The largest absolute Gasteiger partial charge is 0.493 e. The Hall–Kier alpha value is -2.88. The van der Waals surface area contributed by atoms with Gasteiger partial charge < -0.3 is 9.64 Å². The van der Waals surface area contributed by atoms with Crippen molar-refractivity contribution in [3.63, 3.8) is 0 Å². The summed E-state index contributed by atoms with van der Waals surface area (Å²) in [6, 6.07) is 14.9. The first kappa shape index (κ1) is 23.3. The number of rotatable bonds is 7. The highest BCUT2D eigenvalue weighted by atomic mass is 19.1. The van der Waals surface area contributed by atoms with E-state index in [1.54, 1.807) is 12.1 Å². The molecular weight excluding hydrogens is 411 g/mol. The fraction of sp³-hybridized carbons (Fsp3) is 0.414. The van der Waals surface area contributed by atoms with Crippen LogP contribution < -0.4 is 9.64 Å². The van der Waals surface area contributed by atoms with E-state index >= 15 is 0 Å². The van der Waals surface area contributed by atoms with E-state index in [-0.39, 0.29) is 5.82 Å². The van der Waals surface area contributed by atoms with Gasteiger partial charge in [0.1, 0.15) is 11.6 Å². The van der Waals surface area contributed by atoms with Crippen molar-refractivity contribution in [3.05, 3.63) is 77.4 Å². The zero-order valence-corrected chi connectivity index (χ0v) is 20.3. The summed E-state index contributed by atoms with van der Waals surface area (Å²) >= 11 is 0. The Balaban J connectivity index is 1.51. The van der Waals surface area contributed by atoms with Gasteiger partial charge in [0.05, 0.1) is 12.3 Å². The topological polar surface area (TPSA) is 25.4 Å². The normalized spacial score (nSPS) is 15.5. The monoisotopic (exact) mass is 446 g/mol. The van der Waals surface area contributed by atoms with E-state index < -0.39 is 0 Å². The molecular formula is C29H35FN2O. The molecule has 0 N–H and O–H groups in total. The lowest BCUT2D eigenvalue weighted by Crippen LogP contribution is -2.38. The average Bonchev–Trinajstić information content (AvgIpc) is 2.81. The SMILES string of the molecule is CCc1c(C)ncc(-c2ccc(OCCc3ccc(F)cc3)cc2)c1N1CCC(C)(C)CC1. The van der Waals surface area contributed by atoms with Gasteiger partial charge in [0.15, 0.2) is 0 Å². The van der Waals surface area contributed by atoms with Gasteiger partial charge in [0.2, 0.25) is 0 Å². The molecule has 174 valence electrons. The number of aryl methyl sites for hydroxylation is 1. The van der Waals surface area contributed by atoms with Crippen LogP contribution in [0.5, 0.6) is 5.75 Å². The van der Waals surface area contributed by atoms with Crippen LogP contribution in [-0.2, 0) is 12.8 Å². The molecule has 1 aliphatic rings. The van der Waals surface area contributed by atoms with Crippen LogP contribution in [0.3, 0.4) is 0 Å². The van der Waals surface area contributed by atoms with Gasteiger partial charge in [-0.1, -0.05) is 45.0 Å². The lowest BCUT2D eigenvalue weighted by Gasteiger charge is -2.40. The van der Waals surface area contributed by atoms with Crippen molar-refractivity contribution in [2.24, 2.45) is 5.41 Å². The van der Waals surface area contributed by atoms with E-state index in [4.69, 9.17) is 9.72 Å². The van der Waals surface area contributed by atoms with E-state index in [9.17, 15) is 4.39 Å². The van der Waals surface area contributed by atoms with Gasteiger partial charge in [0.25, 0.3) is 0 Å². The number of ether oxygens (including phenoxy) is 1. The number of hydrogen-bond donors (Lipinski definition) is 0. The molecule has 0 radical (unpaired) electrons. The van der Waals surface area contributed by atoms with E-state index in [1.165, 1.54) is 47.4 Å². The van der Waals surface area contributed by atoms with Crippen LogP contribution in [0.1, 0.15) is 50.4 Å². The summed E-state index contributed by atoms with van der Waals surface area (Å²) < 4.78 is 19.0. The van der Waals surface area contributed by atoms with Gasteiger partial charge in [-0.3, -0.25) is 4.98 Å². The minimum Gasteiger partial charge on any atom is -0.493 e. The maximum Gasteiger partial charge on any atom is 0.123 e. The maximum absolute atomic E-state index is 13.1. The quantitative estimate of drug-likeness (QED) is 0.390. The van der Waals surface area contributed by atoms with Crippen LogP contribution >= 0.6 is 0 Å². The van der Waals surface area contributed by atoms with Crippen LogP contribution in [0, 0.1) is 18.2 Å². The molecule has 3 nitrogen and oxygen atoms in total. The van der Waals surface area contributed by atoms with Crippen molar-refractivity contribution in [1.82, 2.24) is 4.98 Å². The first-order chi connectivity index (χ1) is 15.9. The molecule has 3 aromatic rings. The maximum atomic E-state index is 13.1. The highest BCUT2D eigenvalue weighted by Gasteiger charge is 2.28. The number of halogens is 1. The fourth-order valence-electron chi connectivity index (χ4n) is 4.63. The number of benzene rings is 2. The summed E-state index contributed by atoms with van der Waals surface area (Å²) in [5.74, 6) is 0.637. The molecule has 2 aromatic carbocycles. The highest BCUT2D eigenvalue weighted by Crippen LogP contribution is 2.40. The van der Waals surface area contributed by atoms with Crippen molar-refractivity contribution in [2.45, 2.75) is 53.4 Å². The van der Waals surface area contributed by atoms with Crippen molar-refractivity contribution < 1.29 is 9.13 Å².